The number of likely N-dealkylation sites (N-methyl/N-ethyl adjacent to an activating group) is 1. The van der Waals surface area contributed by atoms with Crippen molar-refractivity contribution in [2.24, 2.45) is 5.84 Å². The number of anilines is 1. The normalized spacial score (nSPS) is 21.3. The van der Waals surface area contributed by atoms with Gasteiger partial charge in [0, 0.05) is 18.8 Å². The molecule has 1 aromatic rings. The highest BCUT2D eigenvalue weighted by atomic mass is 32.2. The minimum absolute atomic E-state index is 0.0745. The van der Waals surface area contributed by atoms with Crippen molar-refractivity contribution in [3.63, 3.8) is 0 Å². The van der Waals surface area contributed by atoms with Gasteiger partial charge in [0.05, 0.1) is 0 Å². The van der Waals surface area contributed by atoms with E-state index in [2.05, 4.69) is 20.0 Å². The zero-order valence-electron chi connectivity index (χ0n) is 10.8. The summed E-state index contributed by atoms with van der Waals surface area (Å²) in [6, 6.07) is 2.98. The highest BCUT2D eigenvalue weighted by Gasteiger charge is 2.25. The van der Waals surface area contributed by atoms with E-state index in [0.717, 1.165) is 19.4 Å². The first-order valence-corrected chi connectivity index (χ1v) is 7.64. The van der Waals surface area contributed by atoms with Crippen LogP contribution >= 0.6 is 0 Å². The fourth-order valence-corrected chi connectivity index (χ4v) is 3.64. The van der Waals surface area contributed by atoms with E-state index >= 15 is 0 Å². The first kappa shape index (κ1) is 14.2. The lowest BCUT2D eigenvalue weighted by Crippen LogP contribution is -2.46. The fourth-order valence-electron chi connectivity index (χ4n) is 2.26. The quantitative estimate of drug-likeness (QED) is 0.520. The molecule has 0 radical (unpaired) electrons. The molecule has 0 amide bonds. The Labute approximate surface area is 113 Å². The van der Waals surface area contributed by atoms with Crippen LogP contribution in [0.5, 0.6) is 0 Å². The van der Waals surface area contributed by atoms with Crippen LogP contribution in [-0.2, 0) is 10.0 Å². The van der Waals surface area contributed by atoms with Gasteiger partial charge in [-0.05, 0) is 38.6 Å². The molecule has 1 saturated heterocycles. The molecule has 1 atom stereocenters. The fraction of sp³-hybridized carbons (Fsp3) is 0.545. The van der Waals surface area contributed by atoms with Gasteiger partial charge in [-0.2, -0.15) is 0 Å². The molecule has 1 aliphatic heterocycles. The van der Waals surface area contributed by atoms with Crippen LogP contribution in [0.1, 0.15) is 12.8 Å². The number of likely N-dealkylation sites (tertiary alicyclic amines) is 1. The maximum Gasteiger partial charge on any atom is 0.244 e. The van der Waals surface area contributed by atoms with Crippen LogP contribution in [0.3, 0.4) is 0 Å². The molecule has 2 rings (SSSR count). The standard InChI is InChI=1S/C11H19N5O2S/c1-16-7-3-4-9(8-16)15-19(17,18)10-5-2-6-13-11(10)14-12/h2,5-6,9,15H,3-4,7-8,12H2,1H3,(H,13,14). The van der Waals surface area contributed by atoms with Gasteiger partial charge in [0.25, 0.3) is 0 Å². The van der Waals surface area contributed by atoms with Gasteiger partial charge in [-0.15, -0.1) is 0 Å². The third kappa shape index (κ3) is 3.41. The van der Waals surface area contributed by atoms with E-state index in [1.54, 1.807) is 6.07 Å². The van der Waals surface area contributed by atoms with Gasteiger partial charge >= 0.3 is 0 Å². The topological polar surface area (TPSA) is 100 Å². The monoisotopic (exact) mass is 285 g/mol. The van der Waals surface area contributed by atoms with Gasteiger partial charge in [-0.25, -0.2) is 24.0 Å². The minimum atomic E-state index is -3.61. The first-order valence-electron chi connectivity index (χ1n) is 6.15. The average molecular weight is 285 g/mol. The maximum absolute atomic E-state index is 12.3. The number of hydrazine groups is 1. The lowest BCUT2D eigenvalue weighted by atomic mass is 10.1. The van der Waals surface area contributed by atoms with Gasteiger partial charge < -0.3 is 10.3 Å². The van der Waals surface area contributed by atoms with Crippen LogP contribution < -0.4 is 16.0 Å². The molecule has 1 aliphatic rings. The lowest BCUT2D eigenvalue weighted by molar-refractivity contribution is 0.242. The van der Waals surface area contributed by atoms with Crippen molar-refractivity contribution < 1.29 is 8.42 Å². The van der Waals surface area contributed by atoms with Crippen molar-refractivity contribution in [3.8, 4) is 0 Å². The highest BCUT2D eigenvalue weighted by molar-refractivity contribution is 7.89. The van der Waals surface area contributed by atoms with Gasteiger partial charge in [0.2, 0.25) is 10.0 Å². The smallest absolute Gasteiger partial charge is 0.244 e. The van der Waals surface area contributed by atoms with Gasteiger partial charge in [-0.3, -0.25) is 0 Å². The number of piperidine rings is 1. The number of hydrogen-bond donors (Lipinski definition) is 3. The van der Waals surface area contributed by atoms with Crippen LogP contribution in [0.4, 0.5) is 5.82 Å². The molecule has 7 nitrogen and oxygen atoms in total. The number of nitrogens with zero attached hydrogens (tertiary/aromatic N) is 2. The summed E-state index contributed by atoms with van der Waals surface area (Å²) < 4.78 is 27.4. The summed E-state index contributed by atoms with van der Waals surface area (Å²) in [6.07, 6.45) is 3.32. The highest BCUT2D eigenvalue weighted by Crippen LogP contribution is 2.18. The Kier molecular flexibility index (Phi) is 4.35. The van der Waals surface area contributed by atoms with Crippen LogP contribution in [0.2, 0.25) is 0 Å². The molecule has 1 unspecified atom stereocenters. The molecular formula is C11H19N5O2S. The Balaban J connectivity index is 2.18. The number of nitrogens with one attached hydrogen (secondary N) is 2. The number of pyridine rings is 1. The van der Waals surface area contributed by atoms with E-state index in [-0.39, 0.29) is 16.8 Å². The molecular weight excluding hydrogens is 266 g/mol. The van der Waals surface area contributed by atoms with Crippen molar-refractivity contribution in [1.82, 2.24) is 14.6 Å². The Morgan fingerprint density at radius 3 is 3.00 bits per heavy atom. The lowest BCUT2D eigenvalue weighted by Gasteiger charge is -2.30. The van der Waals surface area contributed by atoms with Crippen molar-refractivity contribution >= 4 is 15.8 Å². The van der Waals surface area contributed by atoms with Crippen LogP contribution in [-0.4, -0.2) is 44.5 Å². The molecule has 0 saturated carbocycles. The van der Waals surface area contributed by atoms with E-state index in [1.165, 1.54) is 12.3 Å². The van der Waals surface area contributed by atoms with Gasteiger partial charge in [0.15, 0.2) is 5.82 Å². The molecule has 0 bridgehead atoms. The van der Waals surface area contributed by atoms with Crippen molar-refractivity contribution in [1.29, 1.82) is 0 Å². The zero-order valence-corrected chi connectivity index (χ0v) is 11.7. The molecule has 4 N–H and O–H groups in total. The van der Waals surface area contributed by atoms with Crippen LogP contribution in [0, 0.1) is 0 Å². The minimum Gasteiger partial charge on any atom is -0.307 e. The van der Waals surface area contributed by atoms with E-state index in [1.807, 2.05) is 7.05 Å². The number of rotatable bonds is 4. The first-order chi connectivity index (χ1) is 9.03. The molecule has 0 aliphatic carbocycles. The molecule has 1 fully saturated rings. The molecule has 8 heteroatoms. The molecule has 1 aromatic heterocycles. The van der Waals surface area contributed by atoms with Crippen molar-refractivity contribution in [2.45, 2.75) is 23.8 Å². The van der Waals surface area contributed by atoms with E-state index in [9.17, 15) is 8.42 Å². The van der Waals surface area contributed by atoms with Crippen LogP contribution in [0.25, 0.3) is 0 Å². The zero-order chi connectivity index (χ0) is 13.9. The molecule has 2 heterocycles. The molecule has 19 heavy (non-hydrogen) atoms. The average Bonchev–Trinajstić information content (AvgIpc) is 2.38. The van der Waals surface area contributed by atoms with Gasteiger partial charge in [0.1, 0.15) is 4.90 Å². The Hall–Kier alpha value is -1.22. The Morgan fingerprint density at radius 1 is 1.53 bits per heavy atom. The Bertz CT molecular complexity index is 534. The van der Waals surface area contributed by atoms with Gasteiger partial charge in [-0.1, -0.05) is 0 Å². The molecule has 106 valence electrons. The number of sulfonamides is 1. The summed E-state index contributed by atoms with van der Waals surface area (Å²) in [5, 5.41) is 0. The summed E-state index contributed by atoms with van der Waals surface area (Å²) in [4.78, 5) is 6.09. The summed E-state index contributed by atoms with van der Waals surface area (Å²) in [7, 11) is -1.62. The third-order valence-corrected chi connectivity index (χ3v) is 4.70. The summed E-state index contributed by atoms with van der Waals surface area (Å²) in [6.45, 7) is 1.71. The van der Waals surface area contributed by atoms with Crippen molar-refractivity contribution in [3.05, 3.63) is 18.3 Å². The second-order valence-electron chi connectivity index (χ2n) is 4.72. The van der Waals surface area contributed by atoms with E-state index < -0.39 is 10.0 Å². The predicted molar refractivity (Wildman–Crippen MR) is 72.9 cm³/mol. The number of aromatic nitrogens is 1. The number of nitrogens with two attached hydrogens (primary N) is 1. The second-order valence-corrected chi connectivity index (χ2v) is 6.40. The van der Waals surface area contributed by atoms with E-state index in [0.29, 0.717) is 6.54 Å². The maximum atomic E-state index is 12.3. The SMILES string of the molecule is CN1CCCC(NS(=O)(=O)c2cccnc2NN)C1. The van der Waals surface area contributed by atoms with Crippen molar-refractivity contribution in [2.75, 3.05) is 25.6 Å². The third-order valence-electron chi connectivity index (χ3n) is 3.14. The molecule has 0 spiro atoms. The summed E-state index contributed by atoms with van der Waals surface area (Å²) in [5.74, 6) is 5.44. The number of hydrogen-bond acceptors (Lipinski definition) is 6. The summed E-state index contributed by atoms with van der Waals surface area (Å²) >= 11 is 0. The predicted octanol–water partition coefficient (Wildman–Crippen LogP) is -0.260. The largest absolute Gasteiger partial charge is 0.307 e. The van der Waals surface area contributed by atoms with Crippen LogP contribution in [0.15, 0.2) is 23.2 Å². The van der Waals surface area contributed by atoms with E-state index in [4.69, 9.17) is 5.84 Å². The Morgan fingerprint density at radius 2 is 2.32 bits per heavy atom. The molecule has 0 aromatic carbocycles. The number of nitrogen functional groups attached to an aromatic ring is 1. The second kappa shape index (κ2) is 5.83. The summed E-state index contributed by atoms with van der Waals surface area (Å²) in [5.41, 5.74) is 2.31.